The number of para-hydroxylation sites is 1. The van der Waals surface area contributed by atoms with E-state index in [0.717, 1.165) is 5.56 Å². The van der Waals surface area contributed by atoms with Crippen LogP contribution in [-0.4, -0.2) is 20.2 Å². The second-order valence-corrected chi connectivity index (χ2v) is 6.85. The number of hydrogen-bond acceptors (Lipinski definition) is 4. The number of fused-ring (bicyclic) bond motifs is 1. The van der Waals surface area contributed by atoms with Gasteiger partial charge in [-0.1, -0.05) is 35.9 Å². The Morgan fingerprint density at radius 3 is 2.57 bits per heavy atom. The second kappa shape index (κ2) is 6.02. The van der Waals surface area contributed by atoms with Gasteiger partial charge in [-0.25, -0.2) is 0 Å². The molecular formula is C15H12ClN3O3S. The summed E-state index contributed by atoms with van der Waals surface area (Å²) in [4.78, 5) is 12.2. The Balaban J connectivity index is 1.76. The predicted molar refractivity (Wildman–Crippen MR) is 88.0 cm³/mol. The largest absolute Gasteiger partial charge is 0.345 e. The first-order chi connectivity index (χ1) is 11.0. The summed E-state index contributed by atoms with van der Waals surface area (Å²) < 4.78 is 27.7. The quantitative estimate of drug-likeness (QED) is 0.889. The van der Waals surface area contributed by atoms with Crippen LogP contribution in [0.2, 0.25) is 5.02 Å². The standard InChI is InChI=1S/C15H12ClN3O3S/c16-11-7-5-10(6-8-11)9-17-15(20)14-18-12-3-1-2-4-13(12)23(21,22)19-14/h1-8H,9H2,(H,17,20)(H,18,19). The maximum Gasteiger partial charge on any atom is 0.288 e. The lowest BCUT2D eigenvalue weighted by molar-refractivity contribution is -0.114. The summed E-state index contributed by atoms with van der Waals surface area (Å²) >= 11 is 5.79. The summed E-state index contributed by atoms with van der Waals surface area (Å²) in [6.45, 7) is 0.235. The maximum absolute atomic E-state index is 12.1. The van der Waals surface area contributed by atoms with Gasteiger partial charge in [0.05, 0.1) is 5.69 Å². The number of rotatable bonds is 3. The molecule has 0 aliphatic carbocycles. The van der Waals surface area contributed by atoms with Crippen molar-refractivity contribution in [1.29, 1.82) is 0 Å². The molecule has 1 heterocycles. The molecule has 6 nitrogen and oxygen atoms in total. The highest BCUT2D eigenvalue weighted by atomic mass is 35.5. The van der Waals surface area contributed by atoms with Crippen LogP contribution in [0.4, 0.5) is 5.69 Å². The first-order valence-electron chi connectivity index (χ1n) is 6.69. The van der Waals surface area contributed by atoms with Crippen molar-refractivity contribution in [2.45, 2.75) is 11.4 Å². The van der Waals surface area contributed by atoms with E-state index in [1.165, 1.54) is 6.07 Å². The topological polar surface area (TPSA) is 87.6 Å². The van der Waals surface area contributed by atoms with Gasteiger partial charge in [-0.15, -0.1) is 4.40 Å². The van der Waals surface area contributed by atoms with E-state index in [0.29, 0.717) is 10.7 Å². The molecule has 0 saturated heterocycles. The van der Waals surface area contributed by atoms with Crippen LogP contribution in [0.3, 0.4) is 0 Å². The normalized spacial score (nSPS) is 15.1. The van der Waals surface area contributed by atoms with E-state index in [4.69, 9.17) is 11.6 Å². The van der Waals surface area contributed by atoms with Gasteiger partial charge in [-0.05, 0) is 29.8 Å². The number of sulfonamides is 1. The molecule has 23 heavy (non-hydrogen) atoms. The number of halogens is 1. The Morgan fingerprint density at radius 1 is 1.13 bits per heavy atom. The van der Waals surface area contributed by atoms with Crippen molar-refractivity contribution in [2.75, 3.05) is 5.32 Å². The second-order valence-electron chi connectivity index (χ2n) is 4.85. The molecule has 2 aromatic carbocycles. The molecule has 0 unspecified atom stereocenters. The summed E-state index contributed by atoms with van der Waals surface area (Å²) in [7, 11) is -3.88. The van der Waals surface area contributed by atoms with Crippen LogP contribution >= 0.6 is 11.6 Å². The Kier molecular flexibility index (Phi) is 4.06. The molecule has 1 aliphatic rings. The number of amides is 1. The van der Waals surface area contributed by atoms with E-state index in [-0.39, 0.29) is 17.3 Å². The molecule has 0 fully saturated rings. The van der Waals surface area contributed by atoms with E-state index in [2.05, 4.69) is 15.0 Å². The van der Waals surface area contributed by atoms with Gasteiger partial charge in [-0.2, -0.15) is 8.42 Å². The number of carbonyl (C=O) groups excluding carboxylic acids is 1. The van der Waals surface area contributed by atoms with E-state index in [9.17, 15) is 13.2 Å². The molecule has 2 aromatic rings. The average molecular weight is 350 g/mol. The molecule has 1 amide bonds. The van der Waals surface area contributed by atoms with Crippen LogP contribution in [-0.2, 0) is 21.4 Å². The van der Waals surface area contributed by atoms with Gasteiger partial charge in [0, 0.05) is 11.6 Å². The molecular weight excluding hydrogens is 338 g/mol. The zero-order valence-electron chi connectivity index (χ0n) is 11.8. The van der Waals surface area contributed by atoms with Crippen LogP contribution in [0.5, 0.6) is 0 Å². The number of anilines is 1. The van der Waals surface area contributed by atoms with Crippen molar-refractivity contribution in [3.63, 3.8) is 0 Å². The van der Waals surface area contributed by atoms with Gasteiger partial charge in [0.1, 0.15) is 4.90 Å². The molecule has 0 aromatic heterocycles. The van der Waals surface area contributed by atoms with Crippen LogP contribution in [0, 0.1) is 0 Å². The third-order valence-electron chi connectivity index (χ3n) is 3.21. The number of benzene rings is 2. The average Bonchev–Trinajstić information content (AvgIpc) is 2.53. The van der Waals surface area contributed by atoms with E-state index >= 15 is 0 Å². The molecule has 8 heteroatoms. The monoisotopic (exact) mass is 349 g/mol. The first-order valence-corrected chi connectivity index (χ1v) is 8.51. The van der Waals surface area contributed by atoms with Crippen molar-refractivity contribution in [3.8, 4) is 0 Å². The minimum absolute atomic E-state index is 0.0502. The zero-order valence-corrected chi connectivity index (χ0v) is 13.4. The van der Waals surface area contributed by atoms with Gasteiger partial charge < -0.3 is 10.6 Å². The number of carbonyl (C=O) groups is 1. The van der Waals surface area contributed by atoms with Crippen LogP contribution in [0.1, 0.15) is 5.56 Å². The highest BCUT2D eigenvalue weighted by Gasteiger charge is 2.27. The van der Waals surface area contributed by atoms with Crippen molar-refractivity contribution in [1.82, 2.24) is 5.32 Å². The molecule has 2 N–H and O–H groups in total. The van der Waals surface area contributed by atoms with Crippen LogP contribution < -0.4 is 10.6 Å². The predicted octanol–water partition coefficient (Wildman–Crippen LogP) is 2.17. The number of amidine groups is 1. The summed E-state index contributed by atoms with van der Waals surface area (Å²) in [6, 6.07) is 13.2. The summed E-state index contributed by atoms with van der Waals surface area (Å²) in [6.07, 6.45) is 0. The van der Waals surface area contributed by atoms with Crippen LogP contribution in [0.25, 0.3) is 0 Å². The minimum atomic E-state index is -3.88. The number of nitrogens with one attached hydrogen (secondary N) is 2. The Morgan fingerprint density at radius 2 is 1.83 bits per heavy atom. The first kappa shape index (κ1) is 15.5. The minimum Gasteiger partial charge on any atom is -0.345 e. The third-order valence-corrected chi connectivity index (χ3v) is 4.80. The Hall–Kier alpha value is -2.38. The number of nitrogens with zero attached hydrogens (tertiary/aromatic N) is 1. The number of hydrogen-bond donors (Lipinski definition) is 2. The fraction of sp³-hybridized carbons (Fsp3) is 0.0667. The Bertz CT molecular complexity index is 892. The van der Waals surface area contributed by atoms with Gasteiger partial charge in [0.25, 0.3) is 15.9 Å². The SMILES string of the molecule is O=C(NCc1ccc(Cl)cc1)C1=NS(=O)(=O)c2ccccc2N1. The molecule has 1 aliphatic heterocycles. The molecule has 3 rings (SSSR count). The van der Waals surface area contributed by atoms with Gasteiger partial charge in [0.15, 0.2) is 0 Å². The molecule has 0 radical (unpaired) electrons. The molecule has 0 atom stereocenters. The highest BCUT2D eigenvalue weighted by Crippen LogP contribution is 2.26. The molecule has 118 valence electrons. The molecule has 0 bridgehead atoms. The fourth-order valence-electron chi connectivity index (χ4n) is 2.08. The molecule has 0 saturated carbocycles. The van der Waals surface area contributed by atoms with Crippen molar-refractivity contribution in [3.05, 3.63) is 59.1 Å². The molecule has 0 spiro atoms. The van der Waals surface area contributed by atoms with Crippen molar-refractivity contribution < 1.29 is 13.2 Å². The lowest BCUT2D eigenvalue weighted by Crippen LogP contribution is -2.37. The highest BCUT2D eigenvalue weighted by molar-refractivity contribution is 7.90. The fourth-order valence-corrected chi connectivity index (χ4v) is 3.32. The maximum atomic E-state index is 12.1. The van der Waals surface area contributed by atoms with Crippen LogP contribution in [0.15, 0.2) is 57.8 Å². The summed E-state index contributed by atoms with van der Waals surface area (Å²) in [5, 5.41) is 5.95. The third kappa shape index (κ3) is 3.35. The van der Waals surface area contributed by atoms with Gasteiger partial charge in [-0.3, -0.25) is 4.79 Å². The van der Waals surface area contributed by atoms with E-state index in [1.54, 1.807) is 42.5 Å². The van der Waals surface area contributed by atoms with E-state index < -0.39 is 15.9 Å². The van der Waals surface area contributed by atoms with Gasteiger partial charge in [0.2, 0.25) is 5.84 Å². The zero-order chi connectivity index (χ0) is 16.4. The van der Waals surface area contributed by atoms with Gasteiger partial charge >= 0.3 is 0 Å². The summed E-state index contributed by atoms with van der Waals surface area (Å²) in [5.41, 5.74) is 1.17. The smallest absolute Gasteiger partial charge is 0.288 e. The lowest BCUT2D eigenvalue weighted by atomic mass is 10.2. The van der Waals surface area contributed by atoms with E-state index in [1.807, 2.05) is 0 Å². The summed E-state index contributed by atoms with van der Waals surface area (Å²) in [5.74, 6) is -0.851. The van der Waals surface area contributed by atoms with Crippen molar-refractivity contribution in [2.24, 2.45) is 4.40 Å². The van der Waals surface area contributed by atoms with Crippen molar-refractivity contribution >= 4 is 39.1 Å². The lowest BCUT2D eigenvalue weighted by Gasteiger charge is -2.17. The Labute approximate surface area is 138 Å².